The second kappa shape index (κ2) is 10.4. The third-order valence-corrected chi connectivity index (χ3v) is 8.55. The van der Waals surface area contributed by atoms with Crippen LogP contribution in [0.3, 0.4) is 0 Å². The topological polar surface area (TPSA) is 96.3 Å². The first-order chi connectivity index (χ1) is 11.4. The molecule has 2 aliphatic heterocycles. The van der Waals surface area contributed by atoms with Crippen molar-refractivity contribution in [2.75, 3.05) is 77.6 Å². The number of nitrogens with one attached hydrogen (secondary N) is 1. The Morgan fingerprint density at radius 1 is 0.917 bits per heavy atom. The van der Waals surface area contributed by atoms with Gasteiger partial charge in [0.05, 0.1) is 6.29 Å². The fourth-order valence-electron chi connectivity index (χ4n) is 3.37. The van der Waals surface area contributed by atoms with Crippen LogP contribution < -0.4 is 5.32 Å². The summed E-state index contributed by atoms with van der Waals surface area (Å²) in [7, 11) is -6.47. The molecule has 0 spiro atoms. The van der Waals surface area contributed by atoms with Gasteiger partial charge in [0.25, 0.3) is 0 Å². The largest absolute Gasteiger partial charge is 0.346 e. The van der Waals surface area contributed by atoms with Crippen molar-refractivity contribution in [1.82, 2.24) is 20.0 Å². The Morgan fingerprint density at radius 2 is 1.58 bits per heavy atom. The first-order valence-electron chi connectivity index (χ1n) is 8.85. The summed E-state index contributed by atoms with van der Waals surface area (Å²) in [5.74, 6) is -0.463. The molecule has 3 N–H and O–H groups in total. The third kappa shape index (κ3) is 8.07. The Labute approximate surface area is 145 Å². The van der Waals surface area contributed by atoms with Gasteiger partial charge in [0.2, 0.25) is 7.37 Å². The molecule has 4 unspecified atom stereocenters. The first kappa shape index (κ1) is 20.5. The number of fused-ring (bicyclic) bond motifs is 3. The third-order valence-electron chi connectivity index (χ3n) is 4.65. The van der Waals surface area contributed by atoms with E-state index in [0.717, 1.165) is 78.3 Å². The van der Waals surface area contributed by atoms with Crippen LogP contribution in [0.2, 0.25) is 0 Å². The molecule has 142 valence electrons. The molecule has 2 bridgehead atoms. The van der Waals surface area contributed by atoms with Crippen molar-refractivity contribution in [3.05, 3.63) is 0 Å². The number of hydrogen-bond donors (Lipinski definition) is 3. The van der Waals surface area contributed by atoms with E-state index in [4.69, 9.17) is 4.89 Å². The van der Waals surface area contributed by atoms with Gasteiger partial charge in [-0.05, 0) is 39.0 Å². The highest BCUT2D eigenvalue weighted by Crippen LogP contribution is 2.47. The summed E-state index contributed by atoms with van der Waals surface area (Å²) in [6.45, 7) is 9.60. The van der Waals surface area contributed by atoms with Crippen LogP contribution in [-0.2, 0) is 9.13 Å². The van der Waals surface area contributed by atoms with Gasteiger partial charge in [-0.2, -0.15) is 0 Å². The van der Waals surface area contributed by atoms with Crippen LogP contribution in [0.15, 0.2) is 0 Å². The Morgan fingerprint density at radius 3 is 2.33 bits per heavy atom. The van der Waals surface area contributed by atoms with E-state index >= 15 is 0 Å². The van der Waals surface area contributed by atoms with Crippen molar-refractivity contribution >= 4 is 15.4 Å². The predicted molar refractivity (Wildman–Crippen MR) is 97.3 cm³/mol. The van der Waals surface area contributed by atoms with Gasteiger partial charge in [0, 0.05) is 39.3 Å². The molecular formula is C14H32N4O4P2. The second-order valence-corrected chi connectivity index (χ2v) is 10.8. The zero-order valence-electron chi connectivity index (χ0n) is 14.4. The van der Waals surface area contributed by atoms with Crippen LogP contribution in [-0.4, -0.2) is 102 Å². The van der Waals surface area contributed by atoms with Crippen LogP contribution in [0.5, 0.6) is 0 Å². The highest BCUT2D eigenvalue weighted by Gasteiger charge is 2.25. The summed E-state index contributed by atoms with van der Waals surface area (Å²) >= 11 is 0. The first-order valence-corrected chi connectivity index (χ1v) is 12.4. The molecule has 2 saturated heterocycles. The quantitative estimate of drug-likeness (QED) is 0.582. The van der Waals surface area contributed by atoms with Crippen LogP contribution in [0.4, 0.5) is 0 Å². The van der Waals surface area contributed by atoms with E-state index in [1.54, 1.807) is 0 Å². The monoisotopic (exact) mass is 382 g/mol. The molecule has 0 aromatic carbocycles. The normalized spacial score (nSPS) is 31.9. The molecule has 0 saturated carbocycles. The van der Waals surface area contributed by atoms with Crippen LogP contribution >= 0.6 is 15.4 Å². The number of rotatable bonds is 4. The lowest BCUT2D eigenvalue weighted by molar-refractivity contribution is 0.150. The summed E-state index contributed by atoms with van der Waals surface area (Å²) in [6, 6.07) is 0. The van der Waals surface area contributed by atoms with Crippen molar-refractivity contribution < 1.29 is 18.9 Å². The van der Waals surface area contributed by atoms with Gasteiger partial charge in [-0.3, -0.25) is 14.0 Å². The second-order valence-electron chi connectivity index (χ2n) is 6.80. The number of hydrogen-bond acceptors (Lipinski definition) is 6. The SMILES string of the molecule is O=[PH](O)CP(=O)(O)CN1CCCN2CCNCCCN(CC2)CC1. The van der Waals surface area contributed by atoms with Crippen molar-refractivity contribution in [2.45, 2.75) is 12.8 Å². The Bertz CT molecular complexity index is 454. The smallest absolute Gasteiger partial charge is 0.223 e. The molecule has 8 nitrogen and oxygen atoms in total. The molecule has 2 aliphatic rings. The molecule has 0 radical (unpaired) electrons. The molecule has 24 heavy (non-hydrogen) atoms. The Balaban J connectivity index is 1.96. The molecule has 0 amide bonds. The zero-order chi connectivity index (χ0) is 17.4. The molecule has 2 heterocycles. The molecule has 0 aromatic rings. The maximum atomic E-state index is 12.2. The molecule has 4 atom stereocenters. The summed E-state index contributed by atoms with van der Waals surface area (Å²) in [4.78, 5) is 25.9. The highest BCUT2D eigenvalue weighted by atomic mass is 31.2. The predicted octanol–water partition coefficient (Wildman–Crippen LogP) is -0.0582. The number of nitrogens with zero attached hydrogens (tertiary/aromatic N) is 3. The molecule has 2 rings (SSSR count). The maximum Gasteiger partial charge on any atom is 0.223 e. The van der Waals surface area contributed by atoms with Crippen LogP contribution in [0, 0.1) is 0 Å². The van der Waals surface area contributed by atoms with Gasteiger partial charge in [-0.1, -0.05) is 0 Å². The summed E-state index contributed by atoms with van der Waals surface area (Å²) in [6.07, 6.45) is 2.10. The van der Waals surface area contributed by atoms with E-state index in [0.29, 0.717) is 0 Å². The summed E-state index contributed by atoms with van der Waals surface area (Å²) in [5.41, 5.74) is 0. The van der Waals surface area contributed by atoms with E-state index in [9.17, 15) is 14.0 Å². The lowest BCUT2D eigenvalue weighted by Crippen LogP contribution is -2.46. The van der Waals surface area contributed by atoms with E-state index in [-0.39, 0.29) is 6.29 Å². The van der Waals surface area contributed by atoms with Crippen molar-refractivity contribution in [3.8, 4) is 0 Å². The van der Waals surface area contributed by atoms with Gasteiger partial charge < -0.3 is 24.9 Å². The van der Waals surface area contributed by atoms with Gasteiger partial charge in [-0.25, -0.2) is 0 Å². The average Bonchev–Trinajstić information content (AvgIpc) is 2.50. The minimum Gasteiger partial charge on any atom is -0.346 e. The zero-order valence-corrected chi connectivity index (χ0v) is 16.3. The van der Waals surface area contributed by atoms with Crippen molar-refractivity contribution in [3.63, 3.8) is 0 Å². The minimum absolute atomic E-state index is 0.0271. The van der Waals surface area contributed by atoms with Crippen molar-refractivity contribution in [2.24, 2.45) is 0 Å². The Hall–Kier alpha value is 0.220. The minimum atomic E-state index is -3.56. The molecule has 2 fully saturated rings. The van der Waals surface area contributed by atoms with E-state index in [2.05, 4.69) is 15.1 Å². The van der Waals surface area contributed by atoms with Gasteiger partial charge in [-0.15, -0.1) is 0 Å². The highest BCUT2D eigenvalue weighted by molar-refractivity contribution is 7.68. The Kier molecular flexibility index (Phi) is 8.89. The molecular weight excluding hydrogens is 350 g/mol. The summed E-state index contributed by atoms with van der Waals surface area (Å²) < 4.78 is 23.1. The van der Waals surface area contributed by atoms with E-state index in [1.807, 2.05) is 4.90 Å². The molecule has 10 heteroatoms. The molecule has 0 aliphatic carbocycles. The van der Waals surface area contributed by atoms with Gasteiger partial charge >= 0.3 is 0 Å². The molecule has 0 aromatic heterocycles. The standard InChI is InChI=1S/C14H32N4O4P2/c19-23(20)14-24(21,22)13-18-7-2-6-16-8-4-15-3-1-5-17(10-9-16)11-12-18/h15,23H,1-14H2,(H,19,20)(H,21,22). The lowest BCUT2D eigenvalue weighted by Gasteiger charge is -2.34. The van der Waals surface area contributed by atoms with Gasteiger partial charge in [0.1, 0.15) is 5.90 Å². The van der Waals surface area contributed by atoms with E-state index < -0.39 is 21.3 Å². The van der Waals surface area contributed by atoms with Crippen LogP contribution in [0.1, 0.15) is 12.8 Å². The van der Waals surface area contributed by atoms with E-state index in [1.165, 1.54) is 0 Å². The maximum absolute atomic E-state index is 12.2. The summed E-state index contributed by atoms with van der Waals surface area (Å²) in [5, 5.41) is 3.48. The fourth-order valence-corrected chi connectivity index (χ4v) is 6.37. The van der Waals surface area contributed by atoms with Gasteiger partial charge in [0.15, 0.2) is 8.03 Å². The lowest BCUT2D eigenvalue weighted by atomic mass is 10.2. The van der Waals surface area contributed by atoms with Crippen LogP contribution in [0.25, 0.3) is 0 Å². The fraction of sp³-hybridized carbons (Fsp3) is 1.00. The van der Waals surface area contributed by atoms with Crippen molar-refractivity contribution in [1.29, 1.82) is 0 Å². The average molecular weight is 382 g/mol.